The molecule has 6 aliphatic heterocycles. The van der Waals surface area contributed by atoms with Crippen LogP contribution in [0.15, 0.2) is 83.7 Å². The van der Waals surface area contributed by atoms with Crippen LogP contribution in [0.3, 0.4) is 0 Å². The summed E-state index contributed by atoms with van der Waals surface area (Å²) in [4.78, 5) is 127. The van der Waals surface area contributed by atoms with Gasteiger partial charge in [-0.3, -0.25) is 53.2 Å². The first-order valence-electron chi connectivity index (χ1n) is 47.0. The van der Waals surface area contributed by atoms with E-state index in [2.05, 4.69) is 48.5 Å². The summed E-state index contributed by atoms with van der Waals surface area (Å²) in [5.74, 6) is -8.13. The third kappa shape index (κ3) is 22.1. The maximum Gasteiger partial charge on any atom is 0.246 e. The molecule has 39 nitrogen and oxygen atoms in total. The predicted molar refractivity (Wildman–Crippen MR) is 473 cm³/mol. The van der Waals surface area contributed by atoms with Gasteiger partial charge in [0.1, 0.15) is 73.8 Å². The molecule has 13 rings (SSSR count). The van der Waals surface area contributed by atoms with Crippen LogP contribution in [0.4, 0.5) is 14.5 Å². The lowest BCUT2D eigenvalue weighted by atomic mass is 9.44. The summed E-state index contributed by atoms with van der Waals surface area (Å²) >= 11 is 0. The van der Waals surface area contributed by atoms with Gasteiger partial charge in [0.05, 0.1) is 126 Å². The minimum absolute atomic E-state index is 0.00919. The monoisotopic (exact) mass is 1890 g/mol. The zero-order valence-corrected chi connectivity index (χ0v) is 77.0. The summed E-state index contributed by atoms with van der Waals surface area (Å²) < 4.78 is 94.1. The summed E-state index contributed by atoms with van der Waals surface area (Å²) in [6, 6.07) is 13.2. The molecule has 2 aromatic rings. The second-order valence-corrected chi connectivity index (χ2v) is 37.3. The smallest absolute Gasteiger partial charge is 0.246 e. The Morgan fingerprint density at radius 3 is 2.13 bits per heavy atom. The molecule has 0 spiro atoms. The quantitative estimate of drug-likeness (QED) is 0.0403. The van der Waals surface area contributed by atoms with E-state index in [0.29, 0.717) is 62.9 Å². The molecule has 0 aromatic heterocycles. The third-order valence-electron chi connectivity index (χ3n) is 28.2. The molecule has 742 valence electrons. The molecule has 0 bridgehead atoms. The van der Waals surface area contributed by atoms with Gasteiger partial charge in [0.25, 0.3) is 0 Å². The number of rotatable bonds is 44. The van der Waals surface area contributed by atoms with E-state index in [0.717, 1.165) is 46.3 Å². The Bertz CT molecular complexity index is 4610. The first kappa shape index (κ1) is 103. The van der Waals surface area contributed by atoms with E-state index in [1.165, 1.54) is 31.0 Å². The van der Waals surface area contributed by atoms with Crippen LogP contribution in [0, 0.1) is 34.5 Å². The number of ketones is 3. The van der Waals surface area contributed by atoms with E-state index in [1.807, 2.05) is 67.5 Å². The number of carbonyl (C=O) groups is 9. The van der Waals surface area contributed by atoms with E-state index < -0.39 is 224 Å². The lowest BCUT2D eigenvalue weighted by Gasteiger charge is -2.63. The van der Waals surface area contributed by atoms with Crippen molar-refractivity contribution in [2.45, 2.75) is 273 Å². The summed E-state index contributed by atoms with van der Waals surface area (Å²) in [7, 11) is 1.92. The van der Waals surface area contributed by atoms with Crippen molar-refractivity contribution < 1.29 is 140 Å². The van der Waals surface area contributed by atoms with E-state index in [4.69, 9.17) is 47.4 Å². The molecule has 24 atom stereocenters. The Balaban J connectivity index is 0.564. The first-order chi connectivity index (χ1) is 64.2. The molecule has 41 heteroatoms. The van der Waals surface area contributed by atoms with Crippen molar-refractivity contribution in [1.82, 2.24) is 58.5 Å². The van der Waals surface area contributed by atoms with Crippen LogP contribution < -0.4 is 53.4 Å². The number of alkyl halides is 2. The van der Waals surface area contributed by atoms with Crippen molar-refractivity contribution >= 4 is 69.9 Å². The van der Waals surface area contributed by atoms with Gasteiger partial charge in [-0.25, -0.2) is 8.78 Å². The Hall–Kier alpha value is -8.51. The molecular formula is C93H134F2N12O27. The highest BCUT2D eigenvalue weighted by Gasteiger charge is 2.80. The first-order valence-corrected chi connectivity index (χ1v) is 47.0. The molecule has 6 amide bonds. The minimum atomic E-state index is -2.44. The number of hydrazine groups is 4. The molecule has 3 saturated heterocycles. The van der Waals surface area contributed by atoms with Gasteiger partial charge < -0.3 is 131 Å². The van der Waals surface area contributed by atoms with Crippen LogP contribution in [-0.4, -0.2) is 318 Å². The number of carbonyl (C=O) groups excluding carboxylic acids is 9. The number of fused-ring (bicyclic) bond motifs is 11. The van der Waals surface area contributed by atoms with E-state index in [9.17, 15) is 79.2 Å². The predicted octanol–water partition coefficient (Wildman–Crippen LogP) is 0.578. The van der Waals surface area contributed by atoms with Crippen LogP contribution in [0.2, 0.25) is 0 Å². The molecule has 17 N–H and O–H groups in total. The van der Waals surface area contributed by atoms with Crippen LogP contribution in [-0.2, 0) is 97.1 Å². The number of nitrogens with zero attached hydrogens (tertiary/aromatic N) is 3. The number of para-hydroxylation sites is 1. The number of allylic oxidation sites excluding steroid dienone is 5. The number of hydrogen-bond donors (Lipinski definition) is 17. The Kier molecular flexibility index (Phi) is 35.2. The van der Waals surface area contributed by atoms with Gasteiger partial charge in [0, 0.05) is 79.6 Å². The fraction of sp³-hybridized carbons (Fsp3) is 0.688. The fourth-order valence-corrected chi connectivity index (χ4v) is 21.1. The molecule has 0 radical (unpaired) electrons. The molecule has 2 unspecified atom stereocenters. The molecule has 11 aliphatic rings. The number of amides is 6. The standard InChI is InChI=1S/C93H134F2N12O27/c1-8-18-75-132-70-44-57-58-43-60(94)59-42-54(110)28-30-90(59,5)92(58,95)68(112)45-91(57,6)93(70,134-75)69(113)46-98-86(123)52(4)41-64(111)76(51(2)3)100-87(124)61(22-16-17-31-96-73(116)50-129-65-25-11-9-10-24-63-78(65)102-104-107(63)88-83(121)82(120)85(67(49-109)130-88)133-89-84(122)81(119)80(118)66(48-108)131-89)99-72(115)29-33-125-35-37-127-39-40-128-38-36-126-34-32-97-71(114)26-27-74(117)106-47-53-19-12-13-20-55(53)79-77(101-103-105(79)7)56-21-14-15-23-62(56)106/h12-15,19-21,23,28,30,42,51-52,57-58,60-61,65-68,70,75-76,80-85,88-89,101-104,108-109,112,118-122H,8-11,16-18,22,24-27,29,31-41,43-50H2,1-7H3,(H,96,116)(H,97,114)(H,98,123)(H,99,115)(H,100,124)/t52-,57+,58+,60+,61-,65?,66-,67-,68+,70-,75?,76+,80-,81+,82-,83-,84-,85-,88+,89-,90+,91+,92+,93-/m1/s1. The SMILES string of the molecule is CCCC1O[C@@H]2C[C@H]3[C@@H]4C[C@H](F)C5=CC(=O)C=C[C@]5(C)[C@@]4(F)[C@@H](O)C[C@]3(C)[C@]2(C(=O)CNC(=O)[C@H](C)CC(=O)[C@@H](NC(=O)[C@@H](CCCCNC(=O)COC2CCCCCC3=C2NNN3[C@H]2O[C@H](CO)[C@@H](O[C@H]3O[C@H](CO)[C@@H](O)[C@H](O)[C@H]3O)[C@H](O)[C@H]2O)NC(=O)CCOCCOCCOCCOCCNC(=O)CCC(=O)N2Cc3ccccc3C3=C(NNN3C)c3ccccc32)C(C)C)O1. The zero-order valence-electron chi connectivity index (χ0n) is 77.0. The van der Waals surface area contributed by atoms with Crippen molar-refractivity contribution in [3.63, 3.8) is 0 Å². The zero-order chi connectivity index (χ0) is 96.1. The highest BCUT2D eigenvalue weighted by atomic mass is 19.1. The van der Waals surface area contributed by atoms with Gasteiger partial charge in [-0.2, -0.15) is 0 Å². The lowest BCUT2D eigenvalue weighted by Crippen LogP contribution is -2.71. The van der Waals surface area contributed by atoms with Crippen molar-refractivity contribution in [2.75, 3.05) is 104 Å². The van der Waals surface area contributed by atoms with Gasteiger partial charge in [-0.15, -0.1) is 11.1 Å². The molecule has 6 fully saturated rings. The number of Topliss-reactive ketones (excluding diaryl/α,β-unsaturated/α-hetero) is 2. The average Bonchev–Trinajstić information content (AvgIpc) is 1.48. The number of unbranched alkanes of at least 4 members (excludes halogenated alkanes) is 1. The highest BCUT2D eigenvalue weighted by Crippen LogP contribution is 2.72. The van der Waals surface area contributed by atoms with Gasteiger partial charge in [0.15, 0.2) is 47.4 Å². The number of nitrogens with one attached hydrogen (secondary N) is 9. The normalized spacial score (nSPS) is 32.0. The van der Waals surface area contributed by atoms with Crippen molar-refractivity contribution in [3.05, 3.63) is 100 Å². The van der Waals surface area contributed by atoms with E-state index in [-0.39, 0.29) is 135 Å². The van der Waals surface area contributed by atoms with Gasteiger partial charge in [-0.1, -0.05) is 102 Å². The topological polar surface area (TPSA) is 526 Å². The summed E-state index contributed by atoms with van der Waals surface area (Å²) in [5.41, 5.74) is 11.5. The van der Waals surface area contributed by atoms with Gasteiger partial charge in [0.2, 0.25) is 35.4 Å². The number of aliphatic hydroxyl groups is 8. The molecule has 134 heavy (non-hydrogen) atoms. The van der Waals surface area contributed by atoms with Gasteiger partial charge >= 0.3 is 0 Å². The van der Waals surface area contributed by atoms with Crippen LogP contribution in [0.1, 0.15) is 167 Å². The average molecular weight is 1890 g/mol. The Morgan fingerprint density at radius 2 is 1.40 bits per heavy atom. The maximum atomic E-state index is 18.2. The Labute approximate surface area is 777 Å². The number of halogens is 2. The second kappa shape index (κ2) is 45.8. The second-order valence-electron chi connectivity index (χ2n) is 37.3. The minimum Gasteiger partial charge on any atom is -0.394 e. The number of hydrogen-bond acceptors (Lipinski definition) is 33. The van der Waals surface area contributed by atoms with Crippen molar-refractivity contribution in [1.29, 1.82) is 0 Å². The third-order valence-corrected chi connectivity index (χ3v) is 28.2. The lowest BCUT2D eigenvalue weighted by molar-refractivity contribution is -0.349. The number of benzene rings is 2. The molecule has 5 aliphatic carbocycles. The number of aliphatic hydroxyl groups excluding tert-OH is 8. The number of ether oxygens (including phenoxy) is 10. The van der Waals surface area contributed by atoms with E-state index >= 15 is 13.6 Å². The van der Waals surface area contributed by atoms with Crippen LogP contribution in [0.25, 0.3) is 11.4 Å². The Morgan fingerprint density at radius 1 is 0.701 bits per heavy atom. The van der Waals surface area contributed by atoms with Crippen LogP contribution in [0.5, 0.6) is 0 Å². The largest absolute Gasteiger partial charge is 0.394 e. The summed E-state index contributed by atoms with van der Waals surface area (Å²) in [6.07, 6.45) is -15.3. The molecule has 2 aromatic carbocycles. The van der Waals surface area contributed by atoms with Crippen molar-refractivity contribution in [2.24, 2.45) is 34.5 Å². The molecule has 6 heterocycles. The summed E-state index contributed by atoms with van der Waals surface area (Å²) in [6.45, 7) is 9.42. The van der Waals surface area contributed by atoms with Crippen molar-refractivity contribution in [3.8, 4) is 0 Å². The fourth-order valence-electron chi connectivity index (χ4n) is 21.1. The van der Waals surface area contributed by atoms with Crippen LogP contribution >= 0.6 is 0 Å². The number of anilines is 1. The maximum absolute atomic E-state index is 18.2. The highest BCUT2D eigenvalue weighted by molar-refractivity contribution is 6.03. The van der Waals surface area contributed by atoms with Gasteiger partial charge in [-0.05, 0) is 112 Å². The molecule has 3 saturated carbocycles. The molecular weight excluding hydrogens is 1760 g/mol. The van der Waals surface area contributed by atoms with E-state index in [1.54, 1.807) is 25.7 Å². The summed E-state index contributed by atoms with van der Waals surface area (Å²) in [5, 5.41) is 104.